The summed E-state index contributed by atoms with van der Waals surface area (Å²) in [7, 11) is 1.71. The summed E-state index contributed by atoms with van der Waals surface area (Å²) in [5.74, 6) is 0.654. The van der Waals surface area contributed by atoms with E-state index >= 15 is 0 Å². The van der Waals surface area contributed by atoms with Gasteiger partial charge in [0.15, 0.2) is 0 Å². The normalized spacial score (nSPS) is 13.6. The average molecular weight is 300 g/mol. The molecule has 5 nitrogen and oxygen atoms in total. The quantitative estimate of drug-likeness (QED) is 0.747. The Hall–Kier alpha value is -1.53. The maximum Gasteiger partial charge on any atom is 0.132 e. The Balaban J connectivity index is 3.43. The number of rotatable bonds is 7. The molecule has 0 aliphatic heterocycles. The van der Waals surface area contributed by atoms with Crippen LogP contribution in [0.15, 0.2) is 18.7 Å². The van der Waals surface area contributed by atoms with Crippen LogP contribution in [-0.2, 0) is 17.2 Å². The minimum atomic E-state index is -1.20. The zero-order valence-corrected chi connectivity index (χ0v) is 12.7. The Kier molecular flexibility index (Phi) is 6.04. The van der Waals surface area contributed by atoms with Crippen LogP contribution in [0.1, 0.15) is 17.2 Å². The van der Waals surface area contributed by atoms with Crippen LogP contribution >= 0.6 is 0 Å². The number of benzene rings is 1. The van der Waals surface area contributed by atoms with Gasteiger partial charge >= 0.3 is 0 Å². The van der Waals surface area contributed by atoms with Crippen LogP contribution in [0.5, 0.6) is 17.2 Å². The van der Waals surface area contributed by atoms with E-state index in [4.69, 9.17) is 9.47 Å². The first-order valence-electron chi connectivity index (χ1n) is 6.01. The van der Waals surface area contributed by atoms with Crippen molar-refractivity contribution in [2.24, 2.45) is 0 Å². The third-order valence-electron chi connectivity index (χ3n) is 2.88. The van der Waals surface area contributed by atoms with E-state index in [1.165, 1.54) is 20.5 Å². The molecule has 0 bridgehead atoms. The number of aromatic hydroxyl groups is 1. The van der Waals surface area contributed by atoms with Gasteiger partial charge in [0, 0.05) is 28.7 Å². The number of methoxy groups -OCH3 is 2. The highest BCUT2D eigenvalue weighted by Gasteiger charge is 2.24. The van der Waals surface area contributed by atoms with Gasteiger partial charge in [0.05, 0.1) is 31.6 Å². The van der Waals surface area contributed by atoms with Crippen molar-refractivity contribution in [3.8, 4) is 17.2 Å². The van der Waals surface area contributed by atoms with Crippen LogP contribution in [0.2, 0.25) is 0 Å². The summed E-state index contributed by atoms with van der Waals surface area (Å²) in [5.41, 5.74) is 0.736. The second-order valence-electron chi connectivity index (χ2n) is 4.27. The standard InChI is InChI=1S/C14H20O5S/c1-5-6-9-11(18-2)7-12(19-3)13(14(9)16)10(15)8-20(4)17/h5,7,10,15-16H,1,6,8H2,2-4H3. The number of phenols is 1. The first-order chi connectivity index (χ1) is 9.46. The van der Waals surface area contributed by atoms with E-state index < -0.39 is 16.9 Å². The van der Waals surface area contributed by atoms with E-state index in [1.54, 1.807) is 12.1 Å². The smallest absolute Gasteiger partial charge is 0.132 e. The third kappa shape index (κ3) is 3.52. The van der Waals surface area contributed by atoms with E-state index in [2.05, 4.69) is 6.58 Å². The van der Waals surface area contributed by atoms with Crippen LogP contribution in [0.25, 0.3) is 0 Å². The largest absolute Gasteiger partial charge is 0.507 e. The lowest BCUT2D eigenvalue weighted by molar-refractivity contribution is 0.192. The first kappa shape index (κ1) is 16.5. The minimum Gasteiger partial charge on any atom is -0.507 e. The number of ether oxygens (including phenoxy) is 2. The number of aliphatic hydroxyl groups excluding tert-OH is 1. The van der Waals surface area contributed by atoms with Gasteiger partial charge in [-0.15, -0.1) is 6.58 Å². The third-order valence-corrected chi connectivity index (χ3v) is 3.67. The van der Waals surface area contributed by atoms with Crippen molar-refractivity contribution >= 4 is 10.8 Å². The number of aliphatic hydroxyl groups is 1. The van der Waals surface area contributed by atoms with Crippen molar-refractivity contribution in [1.82, 2.24) is 0 Å². The van der Waals surface area contributed by atoms with E-state index in [-0.39, 0.29) is 17.1 Å². The fourth-order valence-corrected chi connectivity index (χ4v) is 2.61. The van der Waals surface area contributed by atoms with Crippen molar-refractivity contribution in [3.05, 3.63) is 29.8 Å². The lowest BCUT2D eigenvalue weighted by atomic mass is 10.00. The summed E-state index contributed by atoms with van der Waals surface area (Å²) in [4.78, 5) is 0. The molecule has 0 saturated carbocycles. The first-order valence-corrected chi connectivity index (χ1v) is 7.74. The summed E-state index contributed by atoms with van der Waals surface area (Å²) in [6, 6.07) is 1.59. The molecule has 6 heteroatoms. The summed E-state index contributed by atoms with van der Waals surface area (Å²) in [6.45, 7) is 3.63. The molecule has 0 amide bonds. The van der Waals surface area contributed by atoms with Crippen molar-refractivity contribution in [2.45, 2.75) is 12.5 Å². The van der Waals surface area contributed by atoms with Gasteiger partial charge < -0.3 is 19.7 Å². The summed E-state index contributed by atoms with van der Waals surface area (Å²) >= 11 is 0. The molecule has 20 heavy (non-hydrogen) atoms. The van der Waals surface area contributed by atoms with E-state index in [0.29, 0.717) is 23.5 Å². The van der Waals surface area contributed by atoms with Crippen LogP contribution in [0, 0.1) is 0 Å². The highest BCUT2D eigenvalue weighted by atomic mass is 32.2. The molecule has 0 aromatic heterocycles. The van der Waals surface area contributed by atoms with Gasteiger partial charge in [-0.05, 0) is 6.42 Å². The molecule has 1 aromatic rings. The SMILES string of the molecule is C=CCc1c(OC)cc(OC)c(C(O)CS(C)=O)c1O. The molecule has 0 radical (unpaired) electrons. The summed E-state index contributed by atoms with van der Waals surface area (Å²) in [6.07, 6.45) is 2.41. The highest BCUT2D eigenvalue weighted by molar-refractivity contribution is 7.84. The number of hydrogen-bond acceptors (Lipinski definition) is 5. The van der Waals surface area contributed by atoms with Crippen LogP contribution < -0.4 is 9.47 Å². The molecule has 0 aliphatic carbocycles. The minimum absolute atomic E-state index is 0.0176. The Morgan fingerprint density at radius 2 is 2.00 bits per heavy atom. The monoisotopic (exact) mass is 300 g/mol. The Bertz CT molecular complexity index is 513. The van der Waals surface area contributed by atoms with Gasteiger partial charge in [-0.25, -0.2) is 0 Å². The van der Waals surface area contributed by atoms with Crippen molar-refractivity contribution in [1.29, 1.82) is 0 Å². The van der Waals surface area contributed by atoms with E-state index in [9.17, 15) is 14.4 Å². The van der Waals surface area contributed by atoms with Crippen molar-refractivity contribution in [3.63, 3.8) is 0 Å². The average Bonchev–Trinajstić information content (AvgIpc) is 2.39. The molecule has 0 saturated heterocycles. The highest BCUT2D eigenvalue weighted by Crippen LogP contribution is 2.42. The molecule has 1 aromatic carbocycles. The number of phenolic OH excluding ortho intramolecular Hbond substituents is 1. The molecule has 2 atom stereocenters. The predicted molar refractivity (Wildman–Crippen MR) is 79.0 cm³/mol. The molecule has 0 fully saturated rings. The molecule has 0 aliphatic rings. The lowest BCUT2D eigenvalue weighted by Gasteiger charge is -2.20. The van der Waals surface area contributed by atoms with Gasteiger partial charge in [0.1, 0.15) is 17.2 Å². The van der Waals surface area contributed by atoms with Gasteiger partial charge in [0.2, 0.25) is 0 Å². The van der Waals surface area contributed by atoms with E-state index in [1.807, 2.05) is 0 Å². The lowest BCUT2D eigenvalue weighted by Crippen LogP contribution is -2.11. The maximum atomic E-state index is 11.3. The molecule has 112 valence electrons. The van der Waals surface area contributed by atoms with Crippen molar-refractivity contribution < 1.29 is 23.9 Å². The molecular formula is C14H20O5S. The summed E-state index contributed by atoms with van der Waals surface area (Å²) < 4.78 is 21.6. The van der Waals surface area contributed by atoms with Crippen LogP contribution in [0.3, 0.4) is 0 Å². The topological polar surface area (TPSA) is 76.0 Å². The van der Waals surface area contributed by atoms with Crippen LogP contribution in [-0.4, -0.2) is 40.7 Å². The predicted octanol–water partition coefficient (Wildman–Crippen LogP) is 1.55. The summed E-state index contributed by atoms with van der Waals surface area (Å²) in [5, 5.41) is 20.5. The van der Waals surface area contributed by atoms with Gasteiger partial charge in [-0.1, -0.05) is 6.08 Å². The zero-order valence-electron chi connectivity index (χ0n) is 11.9. The molecule has 2 unspecified atom stereocenters. The van der Waals surface area contributed by atoms with Gasteiger partial charge in [0.25, 0.3) is 0 Å². The number of allylic oxidation sites excluding steroid dienone is 1. The van der Waals surface area contributed by atoms with Crippen LogP contribution in [0.4, 0.5) is 0 Å². The van der Waals surface area contributed by atoms with Gasteiger partial charge in [-0.3, -0.25) is 4.21 Å². The molecule has 2 N–H and O–H groups in total. The fraction of sp³-hybridized carbons (Fsp3) is 0.429. The maximum absolute atomic E-state index is 11.3. The second-order valence-corrected chi connectivity index (χ2v) is 5.75. The fourth-order valence-electron chi connectivity index (χ4n) is 2.00. The van der Waals surface area contributed by atoms with Crippen molar-refractivity contribution in [2.75, 3.05) is 26.2 Å². The number of hydrogen-bond donors (Lipinski definition) is 2. The molecular weight excluding hydrogens is 280 g/mol. The molecule has 0 spiro atoms. The molecule has 1 rings (SSSR count). The second kappa shape index (κ2) is 7.31. The Morgan fingerprint density at radius 3 is 2.45 bits per heavy atom. The molecule has 0 heterocycles. The van der Waals surface area contributed by atoms with Gasteiger partial charge in [-0.2, -0.15) is 0 Å². The zero-order chi connectivity index (χ0) is 15.3. The Labute approximate surface area is 121 Å². The van der Waals surface area contributed by atoms with E-state index in [0.717, 1.165) is 0 Å². The Morgan fingerprint density at radius 1 is 1.40 bits per heavy atom.